The number of nitrogens with one attached hydrogen (secondary N) is 1. The average molecular weight is 229 g/mol. The highest BCUT2D eigenvalue weighted by Gasteiger charge is 2.34. The molecule has 2 fully saturated rings. The Balaban J connectivity index is 1.68. The molecule has 1 N–H and O–H groups in total. The third kappa shape index (κ3) is 2.26. The molecule has 2 aliphatic rings. The molecule has 0 atom stereocenters. The molecule has 2 saturated carbocycles. The van der Waals surface area contributed by atoms with Crippen LogP contribution < -0.4 is 5.32 Å². The molecule has 0 aliphatic heterocycles. The largest absolute Gasteiger partial charge is 0.307 e. The first-order valence-electron chi connectivity index (χ1n) is 7.16. The highest BCUT2D eigenvalue weighted by molar-refractivity contribution is 5.33. The molecule has 1 heteroatoms. The van der Waals surface area contributed by atoms with Gasteiger partial charge in [0.15, 0.2) is 0 Å². The lowest BCUT2D eigenvalue weighted by atomic mass is 9.74. The van der Waals surface area contributed by atoms with Crippen molar-refractivity contribution in [2.45, 2.75) is 63.5 Å². The molecule has 0 saturated heterocycles. The number of hydrogen-bond acceptors (Lipinski definition) is 1. The van der Waals surface area contributed by atoms with Crippen molar-refractivity contribution in [2.24, 2.45) is 0 Å². The fourth-order valence-electron chi connectivity index (χ4n) is 3.03. The van der Waals surface area contributed by atoms with Gasteiger partial charge in [0, 0.05) is 12.1 Å². The third-order valence-electron chi connectivity index (χ3n) is 4.71. The molecule has 1 nitrogen and oxygen atoms in total. The summed E-state index contributed by atoms with van der Waals surface area (Å²) in [6, 6.07) is 9.01. The average Bonchev–Trinajstić information content (AvgIpc) is 3.13. The van der Waals surface area contributed by atoms with Gasteiger partial charge < -0.3 is 5.32 Å². The Kier molecular flexibility index (Phi) is 2.96. The van der Waals surface area contributed by atoms with Gasteiger partial charge in [-0.25, -0.2) is 0 Å². The van der Waals surface area contributed by atoms with E-state index in [1.54, 1.807) is 5.56 Å². The Bertz CT molecular complexity index is 383. The Morgan fingerprint density at radius 2 is 2.00 bits per heavy atom. The van der Waals surface area contributed by atoms with Gasteiger partial charge in [-0.1, -0.05) is 31.2 Å². The summed E-state index contributed by atoms with van der Waals surface area (Å²) in [4.78, 5) is 0. The lowest BCUT2D eigenvalue weighted by molar-refractivity contribution is 0.175. The summed E-state index contributed by atoms with van der Waals surface area (Å²) in [5.74, 6) is 0.868. The molecule has 0 spiro atoms. The summed E-state index contributed by atoms with van der Waals surface area (Å²) in [7, 11) is 0. The van der Waals surface area contributed by atoms with E-state index in [1.165, 1.54) is 44.1 Å². The van der Waals surface area contributed by atoms with Crippen LogP contribution in [-0.2, 0) is 6.54 Å². The van der Waals surface area contributed by atoms with Gasteiger partial charge in [-0.2, -0.15) is 0 Å². The van der Waals surface area contributed by atoms with Crippen LogP contribution in [0.15, 0.2) is 24.3 Å². The third-order valence-corrected chi connectivity index (χ3v) is 4.71. The van der Waals surface area contributed by atoms with Crippen molar-refractivity contribution in [3.8, 4) is 0 Å². The molecule has 2 aliphatic carbocycles. The van der Waals surface area contributed by atoms with Crippen LogP contribution in [-0.4, -0.2) is 5.54 Å². The van der Waals surface area contributed by atoms with Crippen LogP contribution in [0.25, 0.3) is 0 Å². The first-order chi connectivity index (χ1) is 8.33. The number of benzene rings is 1. The minimum atomic E-state index is 0.469. The lowest BCUT2D eigenvalue weighted by Gasteiger charge is -2.42. The van der Waals surface area contributed by atoms with Gasteiger partial charge in [0.2, 0.25) is 0 Å². The van der Waals surface area contributed by atoms with E-state index in [4.69, 9.17) is 0 Å². The van der Waals surface area contributed by atoms with Crippen LogP contribution in [0, 0.1) is 0 Å². The van der Waals surface area contributed by atoms with Crippen LogP contribution in [0.3, 0.4) is 0 Å². The summed E-state index contributed by atoms with van der Waals surface area (Å²) < 4.78 is 0. The first kappa shape index (κ1) is 11.3. The predicted molar refractivity (Wildman–Crippen MR) is 72.1 cm³/mol. The maximum absolute atomic E-state index is 3.82. The molecule has 0 heterocycles. The summed E-state index contributed by atoms with van der Waals surface area (Å²) in [6.45, 7) is 3.39. The summed E-state index contributed by atoms with van der Waals surface area (Å²) >= 11 is 0. The van der Waals surface area contributed by atoms with Crippen molar-refractivity contribution in [3.63, 3.8) is 0 Å². The fraction of sp³-hybridized carbons (Fsp3) is 0.625. The van der Waals surface area contributed by atoms with Gasteiger partial charge in [0.25, 0.3) is 0 Å². The Hall–Kier alpha value is -0.820. The van der Waals surface area contributed by atoms with Crippen molar-refractivity contribution < 1.29 is 0 Å². The van der Waals surface area contributed by atoms with E-state index in [0.29, 0.717) is 5.54 Å². The zero-order valence-corrected chi connectivity index (χ0v) is 10.8. The Labute approximate surface area is 105 Å². The minimum absolute atomic E-state index is 0.469. The second kappa shape index (κ2) is 4.45. The monoisotopic (exact) mass is 229 g/mol. The smallest absolute Gasteiger partial charge is 0.0213 e. The normalized spacial score (nSPS) is 22.2. The summed E-state index contributed by atoms with van der Waals surface area (Å²) in [6.07, 6.45) is 8.22. The molecule has 17 heavy (non-hydrogen) atoms. The first-order valence-corrected chi connectivity index (χ1v) is 7.16. The molecule has 0 aromatic heterocycles. The summed E-state index contributed by atoms with van der Waals surface area (Å²) in [5, 5.41) is 3.82. The van der Waals surface area contributed by atoms with Gasteiger partial charge >= 0.3 is 0 Å². The van der Waals surface area contributed by atoms with Crippen molar-refractivity contribution in [1.29, 1.82) is 0 Å². The van der Waals surface area contributed by atoms with E-state index in [-0.39, 0.29) is 0 Å². The fourth-order valence-corrected chi connectivity index (χ4v) is 3.03. The van der Waals surface area contributed by atoms with E-state index in [9.17, 15) is 0 Å². The van der Waals surface area contributed by atoms with Crippen LogP contribution in [0.1, 0.15) is 62.5 Å². The molecule has 1 aromatic rings. The zero-order valence-electron chi connectivity index (χ0n) is 10.8. The minimum Gasteiger partial charge on any atom is -0.307 e. The second-order valence-electron chi connectivity index (χ2n) is 5.81. The highest BCUT2D eigenvalue weighted by atomic mass is 15.0. The van der Waals surface area contributed by atoms with Crippen LogP contribution in [0.5, 0.6) is 0 Å². The van der Waals surface area contributed by atoms with E-state index >= 15 is 0 Å². The quantitative estimate of drug-likeness (QED) is 0.805. The second-order valence-corrected chi connectivity index (χ2v) is 5.81. The maximum Gasteiger partial charge on any atom is 0.0213 e. The molecule has 92 valence electrons. The van der Waals surface area contributed by atoms with Crippen molar-refractivity contribution in [2.75, 3.05) is 0 Å². The molecular weight excluding hydrogens is 206 g/mol. The molecule has 0 radical (unpaired) electrons. The molecule has 0 bridgehead atoms. The van der Waals surface area contributed by atoms with Crippen LogP contribution in [0.2, 0.25) is 0 Å². The topological polar surface area (TPSA) is 12.0 Å². The summed E-state index contributed by atoms with van der Waals surface area (Å²) in [5.41, 5.74) is 3.61. The number of hydrogen-bond donors (Lipinski definition) is 1. The van der Waals surface area contributed by atoms with Gasteiger partial charge in [-0.3, -0.25) is 0 Å². The van der Waals surface area contributed by atoms with Gasteiger partial charge in [-0.15, -0.1) is 0 Å². The molecular formula is C16H23N. The van der Waals surface area contributed by atoms with Crippen LogP contribution >= 0.6 is 0 Å². The zero-order chi connectivity index (χ0) is 11.7. The SMILES string of the molecule is CCC1(NCc2ccccc2C2CC2)CCC1. The van der Waals surface area contributed by atoms with Gasteiger partial charge in [-0.05, 0) is 55.6 Å². The lowest BCUT2D eigenvalue weighted by Crippen LogP contribution is -2.49. The molecule has 3 rings (SSSR count). The molecule has 1 aromatic carbocycles. The van der Waals surface area contributed by atoms with Crippen molar-refractivity contribution in [1.82, 2.24) is 5.32 Å². The van der Waals surface area contributed by atoms with Crippen molar-refractivity contribution >= 4 is 0 Å². The Morgan fingerprint density at radius 1 is 1.24 bits per heavy atom. The van der Waals surface area contributed by atoms with Crippen LogP contribution in [0.4, 0.5) is 0 Å². The molecule has 0 amide bonds. The van der Waals surface area contributed by atoms with E-state index in [2.05, 4.69) is 36.5 Å². The molecule has 0 unspecified atom stereocenters. The van der Waals surface area contributed by atoms with E-state index in [1.807, 2.05) is 0 Å². The van der Waals surface area contributed by atoms with E-state index < -0.39 is 0 Å². The van der Waals surface area contributed by atoms with Gasteiger partial charge in [0.1, 0.15) is 0 Å². The van der Waals surface area contributed by atoms with E-state index in [0.717, 1.165) is 12.5 Å². The van der Waals surface area contributed by atoms with Gasteiger partial charge in [0.05, 0.1) is 0 Å². The number of rotatable bonds is 5. The highest BCUT2D eigenvalue weighted by Crippen LogP contribution is 2.42. The maximum atomic E-state index is 3.82. The Morgan fingerprint density at radius 3 is 2.59 bits per heavy atom. The van der Waals surface area contributed by atoms with Crippen molar-refractivity contribution in [3.05, 3.63) is 35.4 Å². The standard InChI is InChI=1S/C16H23N/c1-2-16(10-5-11-16)17-12-14-6-3-4-7-15(14)13-8-9-13/h3-4,6-7,13,17H,2,5,8-12H2,1H3. The predicted octanol–water partition coefficient (Wildman–Crippen LogP) is 3.99.